The van der Waals surface area contributed by atoms with E-state index >= 15 is 0 Å². The first-order valence-electron chi connectivity index (χ1n) is 22.4. The predicted molar refractivity (Wildman–Crippen MR) is 251 cm³/mol. The number of carbonyl (C=O) groups is 4. The molecule has 2 saturated carbocycles. The number of amides is 4. The lowest BCUT2D eigenvalue weighted by atomic mass is 9.80. The Hall–Kier alpha value is -5.72. The minimum absolute atomic E-state index is 0.306. The van der Waals surface area contributed by atoms with Gasteiger partial charge in [-0.15, -0.1) is 0 Å². The quantitative estimate of drug-likeness (QED) is 0.128. The van der Waals surface area contributed by atoms with E-state index < -0.39 is 45.7 Å². The Morgan fingerprint density at radius 1 is 0.641 bits per heavy atom. The first-order chi connectivity index (χ1) is 29.7. The first-order valence-corrected chi connectivity index (χ1v) is 22.4. The molecular weight excluding hydrogens is 807 g/mol. The molecule has 2 fully saturated rings. The second kappa shape index (κ2) is 16.1. The number of hydrogen-bond acceptors (Lipinski definition) is 8. The van der Waals surface area contributed by atoms with Gasteiger partial charge in [0.25, 0.3) is 11.8 Å². The molecule has 0 spiro atoms. The van der Waals surface area contributed by atoms with Crippen LogP contribution < -0.4 is 10.6 Å². The number of H-pyrrole nitrogens is 1. The van der Waals surface area contributed by atoms with Gasteiger partial charge in [-0.1, -0.05) is 91.8 Å². The molecule has 4 aromatic rings. The summed E-state index contributed by atoms with van der Waals surface area (Å²) in [6, 6.07) is 20.0. The van der Waals surface area contributed by atoms with Gasteiger partial charge in [-0.25, -0.2) is 14.6 Å². The lowest BCUT2D eigenvalue weighted by Gasteiger charge is -2.39. The van der Waals surface area contributed by atoms with Crippen molar-refractivity contribution in [2.45, 2.75) is 125 Å². The van der Waals surface area contributed by atoms with Crippen LogP contribution in [-0.2, 0) is 25.5 Å². The van der Waals surface area contributed by atoms with E-state index in [-0.39, 0.29) is 23.3 Å². The van der Waals surface area contributed by atoms with Crippen molar-refractivity contribution in [2.24, 2.45) is 26.7 Å². The standard InChI is InChI=1S/C51H67N7O6/c1-46(2,3)39(55-42(59)50(9,48(7)23-24-48)63-44(61)57(11)12)38-29-34-27-32(19-21-35(34)52-38)30-15-17-31(18-16-30)33-20-22-36-37(28-33)54-41(53-36)40(47(4,5)6)56-43(60)51(10,49(8)25-26-49)64-45(62)58(13)14/h15-22,27-28,39-40H,23-26,29H2,1-14H3,(H,53,54)(H,55,59)(H,56,60)/t39-,40-,50?,51?/m1/s1. The number of carbonyl (C=O) groups excluding carboxylic acids is 4. The maximum Gasteiger partial charge on any atom is 0.410 e. The molecule has 13 nitrogen and oxygen atoms in total. The number of rotatable bonds is 12. The number of benzene rings is 3. The molecule has 2 unspecified atom stereocenters. The van der Waals surface area contributed by atoms with E-state index in [1.807, 2.05) is 26.0 Å². The molecule has 3 aliphatic rings. The van der Waals surface area contributed by atoms with E-state index in [1.54, 1.807) is 42.0 Å². The smallest absolute Gasteiger partial charge is 0.410 e. The number of hydrogen-bond donors (Lipinski definition) is 3. The van der Waals surface area contributed by atoms with Crippen molar-refractivity contribution >= 4 is 46.4 Å². The number of aliphatic imine (C=N–C) groups is 1. The molecule has 0 bridgehead atoms. The topological polar surface area (TPSA) is 158 Å². The summed E-state index contributed by atoms with van der Waals surface area (Å²) in [4.78, 5) is 69.9. The van der Waals surface area contributed by atoms with Crippen LogP contribution >= 0.6 is 0 Å². The highest BCUT2D eigenvalue weighted by atomic mass is 16.6. The monoisotopic (exact) mass is 874 g/mol. The van der Waals surface area contributed by atoms with Gasteiger partial charge < -0.3 is 34.9 Å². The first kappa shape index (κ1) is 46.3. The lowest BCUT2D eigenvalue weighted by molar-refractivity contribution is -0.148. The van der Waals surface area contributed by atoms with Crippen LogP contribution in [0, 0.1) is 21.7 Å². The zero-order valence-electron chi connectivity index (χ0n) is 40.2. The highest BCUT2D eigenvalue weighted by molar-refractivity contribution is 6.02. The van der Waals surface area contributed by atoms with Crippen LogP contribution in [0.25, 0.3) is 33.3 Å². The number of ether oxygens (including phenoxy) is 2. The van der Waals surface area contributed by atoms with E-state index in [2.05, 4.69) is 106 Å². The molecule has 0 saturated heterocycles. The number of fused-ring (bicyclic) bond motifs is 2. The van der Waals surface area contributed by atoms with Crippen LogP contribution in [-0.4, -0.2) is 94.9 Å². The van der Waals surface area contributed by atoms with Crippen LogP contribution in [0.3, 0.4) is 0 Å². The van der Waals surface area contributed by atoms with Crippen molar-refractivity contribution in [1.29, 1.82) is 0 Å². The number of aromatic nitrogens is 2. The molecule has 13 heteroatoms. The van der Waals surface area contributed by atoms with Crippen LogP contribution in [0.2, 0.25) is 0 Å². The third-order valence-corrected chi connectivity index (χ3v) is 14.1. The number of nitrogens with one attached hydrogen (secondary N) is 3. The molecule has 2 aliphatic carbocycles. The average molecular weight is 874 g/mol. The van der Waals surface area contributed by atoms with Crippen LogP contribution in [0.15, 0.2) is 65.7 Å². The van der Waals surface area contributed by atoms with E-state index in [0.29, 0.717) is 12.2 Å². The van der Waals surface area contributed by atoms with E-state index in [0.717, 1.165) is 75.9 Å². The summed E-state index contributed by atoms with van der Waals surface area (Å²) in [5, 5.41) is 6.50. The fraction of sp³-hybridized carbons (Fsp3) is 0.529. The normalized spacial score (nSPS) is 18.9. The Bertz CT molecular complexity index is 2520. The number of imidazole rings is 1. The molecule has 4 atom stereocenters. The van der Waals surface area contributed by atoms with Gasteiger partial charge in [0.05, 0.1) is 28.8 Å². The minimum atomic E-state index is -1.35. The Morgan fingerprint density at radius 3 is 1.53 bits per heavy atom. The Labute approximate surface area is 378 Å². The summed E-state index contributed by atoms with van der Waals surface area (Å²) in [6.45, 7) is 19.9. The van der Waals surface area contributed by atoms with Gasteiger partial charge in [0.15, 0.2) is 11.2 Å². The minimum Gasteiger partial charge on any atom is -0.432 e. The number of aromatic amines is 1. The summed E-state index contributed by atoms with van der Waals surface area (Å²) in [5.41, 5.74) is 4.29. The fourth-order valence-electron chi connectivity index (χ4n) is 8.55. The SMILES string of the molecule is CN(C)C(=O)OC(C)(C(=O)N[C@H](C1=Nc2ccc(-c3ccc(-c4ccc5nc([C@@H](NC(=O)C(C)(OC(=O)N(C)C)C6(C)CC6)C(C)(C)C)[nH]c5c4)cc3)cc2C1)C(C)(C)C)C1(C)CC1. The predicted octanol–water partition coefficient (Wildman–Crippen LogP) is 9.77. The van der Waals surface area contributed by atoms with Crippen molar-refractivity contribution in [3.8, 4) is 22.3 Å². The Morgan fingerprint density at radius 2 is 1.08 bits per heavy atom. The summed E-state index contributed by atoms with van der Waals surface area (Å²) < 4.78 is 11.8. The molecule has 1 aromatic heterocycles. The maximum atomic E-state index is 14.1. The second-order valence-electron chi connectivity index (χ2n) is 21.8. The largest absolute Gasteiger partial charge is 0.432 e. The highest BCUT2D eigenvalue weighted by Gasteiger charge is 2.62. The van der Waals surface area contributed by atoms with Crippen LogP contribution in [0.1, 0.15) is 112 Å². The third-order valence-electron chi connectivity index (χ3n) is 14.1. The lowest BCUT2D eigenvalue weighted by Crippen LogP contribution is -2.60. The second-order valence-corrected chi connectivity index (χ2v) is 21.8. The Kier molecular flexibility index (Phi) is 11.6. The maximum absolute atomic E-state index is 14.1. The summed E-state index contributed by atoms with van der Waals surface area (Å²) >= 11 is 0. The van der Waals surface area contributed by atoms with Crippen molar-refractivity contribution in [1.82, 2.24) is 30.4 Å². The van der Waals surface area contributed by atoms with Gasteiger partial charge in [-0.3, -0.25) is 14.6 Å². The molecule has 342 valence electrons. The molecule has 1 aliphatic heterocycles. The van der Waals surface area contributed by atoms with Gasteiger partial charge in [0.2, 0.25) is 0 Å². The molecule has 4 amide bonds. The molecule has 0 radical (unpaired) electrons. The Balaban J connectivity index is 1.07. The fourth-order valence-corrected chi connectivity index (χ4v) is 8.55. The molecule has 64 heavy (non-hydrogen) atoms. The summed E-state index contributed by atoms with van der Waals surface area (Å²) in [6.07, 6.45) is 2.67. The van der Waals surface area contributed by atoms with Crippen LogP contribution in [0.5, 0.6) is 0 Å². The molecule has 3 N–H and O–H groups in total. The summed E-state index contributed by atoms with van der Waals surface area (Å²) in [7, 11) is 6.46. The number of nitrogens with zero attached hydrogens (tertiary/aromatic N) is 4. The van der Waals surface area contributed by atoms with Gasteiger partial charge in [-0.05, 0) is 102 Å². The highest BCUT2D eigenvalue weighted by Crippen LogP contribution is 2.57. The molecule has 3 aromatic carbocycles. The van der Waals surface area contributed by atoms with Crippen LogP contribution in [0.4, 0.5) is 15.3 Å². The third kappa shape index (κ3) is 8.74. The van der Waals surface area contributed by atoms with Crippen molar-refractivity contribution in [3.05, 3.63) is 72.1 Å². The van der Waals surface area contributed by atoms with E-state index in [1.165, 1.54) is 9.80 Å². The van der Waals surface area contributed by atoms with Gasteiger partial charge >= 0.3 is 12.2 Å². The van der Waals surface area contributed by atoms with E-state index in [4.69, 9.17) is 19.5 Å². The molecule has 2 heterocycles. The van der Waals surface area contributed by atoms with Gasteiger partial charge in [0, 0.05) is 51.2 Å². The summed E-state index contributed by atoms with van der Waals surface area (Å²) in [5.74, 6) is -0.0213. The van der Waals surface area contributed by atoms with Crippen molar-refractivity contribution in [3.63, 3.8) is 0 Å². The van der Waals surface area contributed by atoms with Crippen molar-refractivity contribution < 1.29 is 28.7 Å². The van der Waals surface area contributed by atoms with Gasteiger partial charge in [-0.2, -0.15) is 0 Å². The zero-order chi connectivity index (χ0) is 46.9. The molecular formula is C51H67N7O6. The van der Waals surface area contributed by atoms with Crippen molar-refractivity contribution in [2.75, 3.05) is 28.2 Å². The molecule has 7 rings (SSSR count). The average Bonchev–Trinajstić information content (AvgIpc) is 4.07. The zero-order valence-corrected chi connectivity index (χ0v) is 40.2. The van der Waals surface area contributed by atoms with E-state index in [9.17, 15) is 19.2 Å². The van der Waals surface area contributed by atoms with Gasteiger partial charge in [0.1, 0.15) is 5.82 Å².